The van der Waals surface area contributed by atoms with Crippen molar-refractivity contribution in [3.05, 3.63) is 95.2 Å². The Morgan fingerprint density at radius 1 is 1.07 bits per heavy atom. The van der Waals surface area contributed by atoms with Crippen molar-refractivity contribution in [2.45, 2.75) is 31.0 Å². The zero-order valence-corrected chi connectivity index (χ0v) is 21.6. The van der Waals surface area contributed by atoms with Crippen molar-refractivity contribution in [3.63, 3.8) is 0 Å². The minimum atomic E-state index is -4.50. The Morgan fingerprint density at radius 2 is 1.88 bits per heavy atom. The van der Waals surface area contributed by atoms with E-state index in [0.29, 0.717) is 57.4 Å². The normalized spacial score (nSPS) is 17.1. The highest BCUT2D eigenvalue weighted by atomic mass is 19.4. The van der Waals surface area contributed by atoms with E-state index in [1.807, 2.05) is 30.3 Å². The van der Waals surface area contributed by atoms with Gasteiger partial charge in [-0.1, -0.05) is 42.5 Å². The molecule has 5 aromatic rings. The highest BCUT2D eigenvalue weighted by Crippen LogP contribution is 2.40. The van der Waals surface area contributed by atoms with Crippen LogP contribution in [0, 0.1) is 0 Å². The Labute approximate surface area is 227 Å². The highest BCUT2D eigenvalue weighted by Gasteiger charge is 2.39. The van der Waals surface area contributed by atoms with E-state index in [2.05, 4.69) is 10.3 Å². The van der Waals surface area contributed by atoms with E-state index in [1.165, 1.54) is 6.07 Å². The number of aromatic nitrogens is 2. The molecule has 2 aromatic heterocycles. The lowest BCUT2D eigenvalue weighted by molar-refractivity contribution is -0.136. The summed E-state index contributed by atoms with van der Waals surface area (Å²) < 4.78 is 46.4. The Balaban J connectivity index is 1.41. The first-order chi connectivity index (χ1) is 19.2. The van der Waals surface area contributed by atoms with Gasteiger partial charge in [0.05, 0.1) is 47.1 Å². The lowest BCUT2D eigenvalue weighted by Crippen LogP contribution is -2.54. The monoisotopic (exact) mass is 545 g/mol. The summed E-state index contributed by atoms with van der Waals surface area (Å²) in [6.07, 6.45) is -3.59. The van der Waals surface area contributed by atoms with Crippen LogP contribution in [0.25, 0.3) is 33.1 Å². The van der Waals surface area contributed by atoms with Crippen molar-refractivity contribution >= 4 is 27.7 Å². The molecule has 0 aliphatic heterocycles. The number of aryl methyl sites for hydroxylation is 1. The van der Waals surface area contributed by atoms with Gasteiger partial charge in [0.1, 0.15) is 5.75 Å². The van der Waals surface area contributed by atoms with Gasteiger partial charge in [-0.2, -0.15) is 13.2 Å². The lowest BCUT2D eigenvalue weighted by atomic mass is 9.80. The fourth-order valence-electron chi connectivity index (χ4n) is 5.64. The Bertz CT molecular complexity index is 1750. The van der Waals surface area contributed by atoms with Gasteiger partial charge in [-0.15, -0.1) is 0 Å². The molecule has 0 saturated heterocycles. The van der Waals surface area contributed by atoms with Gasteiger partial charge in [0.2, 0.25) is 0 Å². The SMILES string of the molecule is COc1ccc2nc(-c3ccccc3)cc(C(=O)NC3(CO)CCc4[nH]c5c(C(F)(F)F)cccc5c4C3)c2c1. The standard InChI is InChI=1S/C31H26F3N3O3/c1-40-19-10-11-25-21(14-19)22(15-27(35-25)18-6-3-2-4-7-18)29(39)37-30(17-38)13-12-26-23(16-30)20-8-5-9-24(28(20)36-26)31(32,33)34/h2-11,14-15,36,38H,12-13,16-17H2,1H3,(H,37,39). The van der Waals surface area contributed by atoms with Gasteiger partial charge in [-0.25, -0.2) is 4.98 Å². The van der Waals surface area contributed by atoms with E-state index in [0.717, 1.165) is 11.6 Å². The van der Waals surface area contributed by atoms with Gasteiger partial charge < -0.3 is 20.1 Å². The minimum absolute atomic E-state index is 0.0276. The van der Waals surface area contributed by atoms with E-state index in [-0.39, 0.29) is 18.5 Å². The number of para-hydroxylation sites is 1. The van der Waals surface area contributed by atoms with Crippen LogP contribution in [0.1, 0.15) is 33.6 Å². The number of H-pyrrole nitrogens is 1. The Morgan fingerprint density at radius 3 is 2.60 bits per heavy atom. The average molecular weight is 546 g/mol. The second-order valence-electron chi connectivity index (χ2n) is 10.2. The molecule has 6 rings (SSSR count). The summed E-state index contributed by atoms with van der Waals surface area (Å²) in [4.78, 5) is 21.6. The van der Waals surface area contributed by atoms with E-state index in [9.17, 15) is 23.1 Å². The number of alkyl halides is 3. The number of amides is 1. The van der Waals surface area contributed by atoms with Crippen LogP contribution in [-0.2, 0) is 19.0 Å². The summed E-state index contributed by atoms with van der Waals surface area (Å²) in [6, 6.07) is 20.6. The number of halogens is 3. The van der Waals surface area contributed by atoms with Gasteiger partial charge in [0.25, 0.3) is 5.91 Å². The molecular formula is C31H26F3N3O3. The average Bonchev–Trinajstić information content (AvgIpc) is 3.33. The fourth-order valence-corrected chi connectivity index (χ4v) is 5.64. The van der Waals surface area contributed by atoms with Crippen LogP contribution in [0.15, 0.2) is 72.8 Å². The van der Waals surface area contributed by atoms with Crippen molar-refractivity contribution in [2.75, 3.05) is 13.7 Å². The number of pyridine rings is 1. The Kier molecular flexibility index (Phi) is 6.26. The van der Waals surface area contributed by atoms with Gasteiger partial charge >= 0.3 is 6.18 Å². The molecule has 40 heavy (non-hydrogen) atoms. The maximum atomic E-state index is 13.9. The molecule has 1 amide bonds. The zero-order chi connectivity index (χ0) is 28.1. The number of nitrogens with zero attached hydrogens (tertiary/aromatic N) is 1. The number of hydrogen-bond donors (Lipinski definition) is 3. The quantitative estimate of drug-likeness (QED) is 0.251. The summed E-state index contributed by atoms with van der Waals surface area (Å²) in [7, 11) is 1.54. The van der Waals surface area contributed by atoms with Crippen LogP contribution in [0.3, 0.4) is 0 Å². The zero-order valence-electron chi connectivity index (χ0n) is 21.6. The number of methoxy groups -OCH3 is 1. The number of aliphatic hydroxyl groups excluding tert-OH is 1. The van der Waals surface area contributed by atoms with E-state index >= 15 is 0 Å². The molecule has 6 nitrogen and oxygen atoms in total. The molecule has 0 saturated carbocycles. The van der Waals surface area contributed by atoms with Crippen molar-refractivity contribution in [1.29, 1.82) is 0 Å². The molecule has 0 spiro atoms. The van der Waals surface area contributed by atoms with Crippen LogP contribution in [0.4, 0.5) is 13.2 Å². The van der Waals surface area contributed by atoms with Gasteiger partial charge in [0, 0.05) is 28.5 Å². The van der Waals surface area contributed by atoms with Crippen LogP contribution < -0.4 is 10.1 Å². The topological polar surface area (TPSA) is 87.2 Å². The maximum absolute atomic E-state index is 13.9. The number of aliphatic hydroxyl groups is 1. The van der Waals surface area contributed by atoms with E-state index in [1.54, 1.807) is 37.4 Å². The number of carbonyl (C=O) groups is 1. The second-order valence-corrected chi connectivity index (χ2v) is 10.2. The molecular weight excluding hydrogens is 519 g/mol. The fraction of sp³-hybridized carbons (Fsp3) is 0.226. The van der Waals surface area contributed by atoms with Gasteiger partial charge in [-0.05, 0) is 48.7 Å². The summed E-state index contributed by atoms with van der Waals surface area (Å²) in [5.74, 6) is 0.153. The maximum Gasteiger partial charge on any atom is 0.418 e. The highest BCUT2D eigenvalue weighted by molar-refractivity contribution is 6.08. The number of fused-ring (bicyclic) bond motifs is 4. The number of benzene rings is 3. The number of carbonyl (C=O) groups excluding carboxylic acids is 1. The molecule has 3 N–H and O–H groups in total. The summed E-state index contributed by atoms with van der Waals surface area (Å²) in [5, 5.41) is 14.6. The number of rotatable bonds is 5. The van der Waals surface area contributed by atoms with Crippen molar-refractivity contribution in [2.24, 2.45) is 0 Å². The van der Waals surface area contributed by atoms with E-state index < -0.39 is 23.2 Å². The smallest absolute Gasteiger partial charge is 0.418 e. The molecule has 1 atom stereocenters. The first-order valence-corrected chi connectivity index (χ1v) is 12.9. The Hall–Kier alpha value is -4.37. The molecule has 0 fully saturated rings. The van der Waals surface area contributed by atoms with Crippen LogP contribution in [-0.4, -0.2) is 40.2 Å². The van der Waals surface area contributed by atoms with Crippen molar-refractivity contribution < 1.29 is 27.8 Å². The van der Waals surface area contributed by atoms with Gasteiger partial charge in [-0.3, -0.25) is 4.79 Å². The molecule has 9 heteroatoms. The number of nitrogens with one attached hydrogen (secondary N) is 2. The van der Waals surface area contributed by atoms with E-state index in [4.69, 9.17) is 9.72 Å². The number of aromatic amines is 1. The predicted molar refractivity (Wildman–Crippen MR) is 146 cm³/mol. The third-order valence-corrected chi connectivity index (χ3v) is 7.72. The molecule has 1 unspecified atom stereocenters. The predicted octanol–water partition coefficient (Wildman–Crippen LogP) is 6.06. The number of ether oxygens (including phenoxy) is 1. The first-order valence-electron chi connectivity index (χ1n) is 12.9. The molecule has 0 radical (unpaired) electrons. The van der Waals surface area contributed by atoms with Crippen LogP contribution in [0.5, 0.6) is 5.75 Å². The first kappa shape index (κ1) is 25.9. The molecule has 1 aliphatic rings. The van der Waals surface area contributed by atoms with Gasteiger partial charge in [0.15, 0.2) is 0 Å². The largest absolute Gasteiger partial charge is 0.497 e. The van der Waals surface area contributed by atoms with Crippen molar-refractivity contribution in [1.82, 2.24) is 15.3 Å². The molecule has 204 valence electrons. The summed E-state index contributed by atoms with van der Waals surface area (Å²) >= 11 is 0. The van der Waals surface area contributed by atoms with Crippen LogP contribution in [0.2, 0.25) is 0 Å². The third-order valence-electron chi connectivity index (χ3n) is 7.72. The third kappa shape index (κ3) is 4.46. The summed E-state index contributed by atoms with van der Waals surface area (Å²) in [5.41, 5.74) is 2.02. The number of hydrogen-bond acceptors (Lipinski definition) is 4. The molecule has 3 aromatic carbocycles. The van der Waals surface area contributed by atoms with Crippen LogP contribution >= 0.6 is 0 Å². The summed E-state index contributed by atoms with van der Waals surface area (Å²) in [6.45, 7) is -0.373. The minimum Gasteiger partial charge on any atom is -0.497 e. The van der Waals surface area contributed by atoms with Crippen molar-refractivity contribution in [3.8, 4) is 17.0 Å². The molecule has 0 bridgehead atoms. The molecule has 2 heterocycles. The lowest BCUT2D eigenvalue weighted by Gasteiger charge is -2.36. The second kappa shape index (κ2) is 9.67. The molecule has 1 aliphatic carbocycles.